The molecule has 9 heteroatoms. The molecule has 186 valence electrons. The molecule has 1 fully saturated rings. The number of carbonyl (C=O) groups excluding carboxylic acids is 2. The molecule has 0 unspecified atom stereocenters. The highest BCUT2D eigenvalue weighted by Crippen LogP contribution is 2.28. The number of methoxy groups -OCH3 is 1. The molecule has 4 N–H and O–H groups in total. The van der Waals surface area contributed by atoms with Gasteiger partial charge in [0.2, 0.25) is 0 Å². The number of nitrogens with one attached hydrogen (secondary N) is 4. The molecule has 0 bridgehead atoms. The summed E-state index contributed by atoms with van der Waals surface area (Å²) >= 11 is 0. The minimum atomic E-state index is -0.353. The van der Waals surface area contributed by atoms with Crippen molar-refractivity contribution in [2.45, 2.75) is 39.7 Å². The fourth-order valence-electron chi connectivity index (χ4n) is 4.15. The van der Waals surface area contributed by atoms with Crippen molar-refractivity contribution in [3.8, 4) is 5.75 Å². The smallest absolute Gasteiger partial charge is 0.317 e. The van der Waals surface area contributed by atoms with Crippen LogP contribution in [-0.2, 0) is 13.0 Å². The lowest BCUT2D eigenvalue weighted by atomic mass is 9.96. The van der Waals surface area contributed by atoms with Gasteiger partial charge in [-0.15, -0.1) is 0 Å². The van der Waals surface area contributed by atoms with Crippen LogP contribution in [0.25, 0.3) is 0 Å². The van der Waals surface area contributed by atoms with E-state index in [0.29, 0.717) is 67.7 Å². The number of hydrogen-bond acceptors (Lipinski definition) is 5. The number of allylic oxidation sites excluding steroid dienone is 3. The van der Waals surface area contributed by atoms with Crippen LogP contribution in [0.5, 0.6) is 5.75 Å². The van der Waals surface area contributed by atoms with E-state index in [1.165, 1.54) is 7.11 Å². The van der Waals surface area contributed by atoms with Gasteiger partial charge in [0.25, 0.3) is 5.91 Å². The zero-order valence-corrected chi connectivity index (χ0v) is 20.7. The van der Waals surface area contributed by atoms with E-state index in [1.54, 1.807) is 34.1 Å². The highest BCUT2D eigenvalue weighted by Gasteiger charge is 2.24. The van der Waals surface area contributed by atoms with Crippen molar-refractivity contribution in [1.82, 2.24) is 20.4 Å². The van der Waals surface area contributed by atoms with Gasteiger partial charge in [-0.1, -0.05) is 18.7 Å². The van der Waals surface area contributed by atoms with Gasteiger partial charge in [0.1, 0.15) is 17.4 Å². The molecule has 0 saturated carbocycles. The van der Waals surface area contributed by atoms with Crippen molar-refractivity contribution in [2.75, 3.05) is 26.7 Å². The van der Waals surface area contributed by atoms with E-state index >= 15 is 0 Å². The number of ether oxygens (including phenoxy) is 1. The molecular weight excluding hydrogens is 444 g/mol. The minimum Gasteiger partial charge on any atom is -0.496 e. The maximum absolute atomic E-state index is 13.0. The topological polar surface area (TPSA) is 122 Å². The molecule has 2 heterocycles. The third-order valence-corrected chi connectivity index (χ3v) is 6.08. The SMILES string of the molecule is C=C(/C=C\C=C(/C)C(=N)N1CCCC1=N)NC(=O)c1cc2c(cc1OC)CCN(C(=O)NCC)C2. The van der Waals surface area contributed by atoms with Crippen LogP contribution in [0.2, 0.25) is 0 Å². The van der Waals surface area contributed by atoms with Crippen LogP contribution in [-0.4, -0.2) is 60.2 Å². The lowest BCUT2D eigenvalue weighted by Gasteiger charge is -2.29. The van der Waals surface area contributed by atoms with Gasteiger partial charge in [-0.3, -0.25) is 15.6 Å². The van der Waals surface area contributed by atoms with Crippen molar-refractivity contribution in [3.63, 3.8) is 0 Å². The Morgan fingerprint density at radius 3 is 2.66 bits per heavy atom. The van der Waals surface area contributed by atoms with Gasteiger partial charge in [0.05, 0.1) is 12.7 Å². The minimum absolute atomic E-state index is 0.114. The Morgan fingerprint density at radius 2 is 2.00 bits per heavy atom. The Balaban J connectivity index is 1.67. The number of amidine groups is 2. The summed E-state index contributed by atoms with van der Waals surface area (Å²) in [6.07, 6.45) is 7.43. The number of carbonyl (C=O) groups is 2. The Bertz CT molecular complexity index is 1100. The average Bonchev–Trinajstić information content (AvgIpc) is 3.27. The predicted molar refractivity (Wildman–Crippen MR) is 137 cm³/mol. The molecule has 9 nitrogen and oxygen atoms in total. The quantitative estimate of drug-likeness (QED) is 0.272. The number of hydrogen-bond donors (Lipinski definition) is 4. The molecule has 2 aliphatic heterocycles. The van der Waals surface area contributed by atoms with Crippen LogP contribution < -0.4 is 15.4 Å². The average molecular weight is 479 g/mol. The second-order valence-corrected chi connectivity index (χ2v) is 8.57. The van der Waals surface area contributed by atoms with Gasteiger partial charge in [-0.2, -0.15) is 0 Å². The summed E-state index contributed by atoms with van der Waals surface area (Å²) in [4.78, 5) is 28.7. The molecule has 3 amide bonds. The first-order valence-corrected chi connectivity index (χ1v) is 11.8. The summed E-state index contributed by atoms with van der Waals surface area (Å²) in [7, 11) is 1.53. The molecule has 1 aromatic carbocycles. The molecule has 1 saturated heterocycles. The third kappa shape index (κ3) is 6.17. The molecule has 3 rings (SSSR count). The maximum atomic E-state index is 13.0. The third-order valence-electron chi connectivity index (χ3n) is 6.08. The van der Waals surface area contributed by atoms with Crippen molar-refractivity contribution < 1.29 is 14.3 Å². The van der Waals surface area contributed by atoms with E-state index in [9.17, 15) is 9.59 Å². The lowest BCUT2D eigenvalue weighted by Crippen LogP contribution is -2.42. The molecule has 0 aromatic heterocycles. The summed E-state index contributed by atoms with van der Waals surface area (Å²) in [6.45, 7) is 9.89. The summed E-state index contributed by atoms with van der Waals surface area (Å²) < 4.78 is 5.47. The number of urea groups is 1. The second kappa shape index (κ2) is 11.5. The Labute approximate surface area is 206 Å². The normalized spacial score (nSPS) is 15.7. The zero-order valence-electron chi connectivity index (χ0n) is 20.7. The summed E-state index contributed by atoms with van der Waals surface area (Å²) in [6, 6.07) is 3.53. The Kier molecular flexibility index (Phi) is 8.46. The summed E-state index contributed by atoms with van der Waals surface area (Å²) in [5, 5.41) is 21.8. The van der Waals surface area contributed by atoms with Crippen LogP contribution >= 0.6 is 0 Å². The molecule has 35 heavy (non-hydrogen) atoms. The summed E-state index contributed by atoms with van der Waals surface area (Å²) in [5.41, 5.74) is 3.47. The number of nitrogens with zero attached hydrogens (tertiary/aromatic N) is 2. The van der Waals surface area contributed by atoms with Crippen LogP contribution in [0, 0.1) is 10.8 Å². The first kappa shape index (κ1) is 25.7. The van der Waals surface area contributed by atoms with Gasteiger partial charge >= 0.3 is 6.03 Å². The molecule has 0 radical (unpaired) electrons. The maximum Gasteiger partial charge on any atom is 0.317 e. The fraction of sp³-hybridized carbons (Fsp3) is 0.385. The lowest BCUT2D eigenvalue weighted by molar-refractivity contribution is 0.0964. The van der Waals surface area contributed by atoms with Gasteiger partial charge in [-0.25, -0.2) is 4.79 Å². The predicted octanol–water partition coefficient (Wildman–Crippen LogP) is 3.58. The van der Waals surface area contributed by atoms with Crippen molar-refractivity contribution in [2.24, 2.45) is 0 Å². The van der Waals surface area contributed by atoms with Crippen LogP contribution in [0.1, 0.15) is 48.2 Å². The molecule has 1 aromatic rings. The van der Waals surface area contributed by atoms with Gasteiger partial charge in [-0.05, 0) is 61.6 Å². The van der Waals surface area contributed by atoms with Crippen LogP contribution in [0.3, 0.4) is 0 Å². The number of fused-ring (bicyclic) bond motifs is 1. The molecule has 0 atom stereocenters. The first-order chi connectivity index (χ1) is 16.7. The molecule has 0 spiro atoms. The van der Waals surface area contributed by atoms with Crippen molar-refractivity contribution in [1.29, 1.82) is 10.8 Å². The van der Waals surface area contributed by atoms with Gasteiger partial charge in [0.15, 0.2) is 0 Å². The zero-order chi connectivity index (χ0) is 25.5. The highest BCUT2D eigenvalue weighted by molar-refractivity contribution is 6.07. The summed E-state index contributed by atoms with van der Waals surface area (Å²) in [5.74, 6) is 0.902. The van der Waals surface area contributed by atoms with E-state index in [4.69, 9.17) is 15.6 Å². The van der Waals surface area contributed by atoms with Crippen molar-refractivity contribution >= 4 is 23.6 Å². The van der Waals surface area contributed by atoms with Crippen LogP contribution in [0.4, 0.5) is 4.79 Å². The van der Waals surface area contributed by atoms with E-state index in [1.807, 2.05) is 19.9 Å². The largest absolute Gasteiger partial charge is 0.496 e. The highest BCUT2D eigenvalue weighted by atomic mass is 16.5. The second-order valence-electron chi connectivity index (χ2n) is 8.57. The van der Waals surface area contributed by atoms with E-state index in [-0.39, 0.29) is 11.9 Å². The van der Waals surface area contributed by atoms with E-state index in [2.05, 4.69) is 17.2 Å². The van der Waals surface area contributed by atoms with Crippen molar-refractivity contribution in [3.05, 3.63) is 64.9 Å². The van der Waals surface area contributed by atoms with E-state index in [0.717, 1.165) is 23.1 Å². The van der Waals surface area contributed by atoms with Gasteiger partial charge in [0, 0.05) is 38.3 Å². The number of benzene rings is 1. The Hall–Kier alpha value is -3.88. The molecular formula is C26H34N6O3. The Morgan fingerprint density at radius 1 is 1.23 bits per heavy atom. The fourth-order valence-corrected chi connectivity index (χ4v) is 4.15. The van der Waals surface area contributed by atoms with Crippen LogP contribution in [0.15, 0.2) is 48.2 Å². The molecule has 0 aliphatic carbocycles. The first-order valence-electron chi connectivity index (χ1n) is 11.8. The number of likely N-dealkylation sites (tertiary alicyclic amines) is 1. The molecule has 2 aliphatic rings. The number of rotatable bonds is 7. The van der Waals surface area contributed by atoms with Gasteiger partial charge < -0.3 is 25.2 Å². The number of amides is 3. The standard InChI is InChI=1S/C26H34N6O3/c1-5-29-26(34)31-13-11-19-15-22(35-4)21(14-20(19)16-31)25(33)30-18(3)9-6-8-17(2)24(28)32-12-7-10-23(32)27/h6,8-9,14-15,27-28H,3,5,7,10-13,16H2,1-2,4H3,(H,29,34)(H,30,33)/b9-6-,17-8+,27-23?,28-24?. The van der Waals surface area contributed by atoms with E-state index < -0.39 is 0 Å². The monoisotopic (exact) mass is 478 g/mol.